The Balaban J connectivity index is 0. The molecule has 19 heavy (non-hydrogen) atoms. The SMILES string of the molecule is CC(=O)OC(CC(OC(C)C)OC(C)C)C(C)=O.[AlH3]. The van der Waals surface area contributed by atoms with Crippen molar-refractivity contribution < 1.29 is 23.8 Å². The molecule has 0 saturated heterocycles. The lowest BCUT2D eigenvalue weighted by Crippen LogP contribution is -2.34. The van der Waals surface area contributed by atoms with E-state index in [4.69, 9.17) is 14.2 Å². The van der Waals surface area contributed by atoms with Gasteiger partial charge in [-0.05, 0) is 34.6 Å². The van der Waals surface area contributed by atoms with E-state index in [9.17, 15) is 9.59 Å². The molecule has 0 spiro atoms. The van der Waals surface area contributed by atoms with Crippen LogP contribution in [0, 0.1) is 0 Å². The van der Waals surface area contributed by atoms with Crippen LogP contribution >= 0.6 is 0 Å². The standard InChI is InChI=1S/C13H24O5.Al.3H/c1-8(2)16-13(17-9(3)4)7-12(10(5)14)18-11(6)15;;;;/h8-9,12-13H,7H2,1-6H3;;;;. The molecule has 0 saturated carbocycles. The smallest absolute Gasteiger partial charge is 0.303 e. The molecule has 0 aromatic heterocycles. The number of Topliss-reactive ketones (excluding diaryl/α,β-unsaturated/α-hetero) is 1. The number of rotatable bonds is 8. The van der Waals surface area contributed by atoms with Gasteiger partial charge in [0.2, 0.25) is 0 Å². The van der Waals surface area contributed by atoms with Crippen molar-refractivity contribution in [3.63, 3.8) is 0 Å². The Kier molecular flexibility index (Phi) is 11.4. The molecule has 0 bridgehead atoms. The molecule has 0 aliphatic carbocycles. The van der Waals surface area contributed by atoms with Crippen LogP contribution in [0.15, 0.2) is 0 Å². The summed E-state index contributed by atoms with van der Waals surface area (Å²) in [5.74, 6) is -0.696. The van der Waals surface area contributed by atoms with Gasteiger partial charge in [0.05, 0.1) is 12.2 Å². The predicted octanol–water partition coefficient (Wildman–Crippen LogP) is 0.889. The predicted molar refractivity (Wildman–Crippen MR) is 77.0 cm³/mol. The van der Waals surface area contributed by atoms with Gasteiger partial charge in [0, 0.05) is 13.3 Å². The number of hydrogen-bond acceptors (Lipinski definition) is 5. The van der Waals surface area contributed by atoms with Crippen molar-refractivity contribution in [1.29, 1.82) is 0 Å². The molecule has 0 fully saturated rings. The molecule has 5 nitrogen and oxygen atoms in total. The first-order chi connectivity index (χ1) is 8.22. The van der Waals surface area contributed by atoms with E-state index >= 15 is 0 Å². The molecule has 0 N–H and O–H groups in total. The molecule has 1 atom stereocenters. The van der Waals surface area contributed by atoms with E-state index in [1.807, 2.05) is 27.7 Å². The van der Waals surface area contributed by atoms with E-state index in [0.717, 1.165) is 0 Å². The number of carbonyl (C=O) groups excluding carboxylic acids is 2. The van der Waals surface area contributed by atoms with Crippen LogP contribution < -0.4 is 0 Å². The first-order valence-electron chi connectivity index (χ1n) is 6.21. The van der Waals surface area contributed by atoms with Crippen LogP contribution in [-0.2, 0) is 23.8 Å². The fraction of sp³-hybridized carbons (Fsp3) is 0.846. The Morgan fingerprint density at radius 3 is 1.63 bits per heavy atom. The summed E-state index contributed by atoms with van der Waals surface area (Å²) in [6.07, 6.45) is -1.22. The van der Waals surface area contributed by atoms with E-state index in [1.54, 1.807) is 0 Å². The Bertz CT molecular complexity index is 268. The van der Waals surface area contributed by atoms with Crippen molar-refractivity contribution in [3.8, 4) is 0 Å². The molecule has 0 heterocycles. The van der Waals surface area contributed by atoms with Crippen LogP contribution in [-0.4, -0.2) is 53.7 Å². The van der Waals surface area contributed by atoms with Crippen molar-refractivity contribution in [2.45, 2.75) is 72.6 Å². The zero-order valence-corrected chi connectivity index (χ0v) is 12.1. The summed E-state index contributed by atoms with van der Waals surface area (Å²) in [5, 5.41) is 0. The highest BCUT2D eigenvalue weighted by Gasteiger charge is 2.25. The lowest BCUT2D eigenvalue weighted by Gasteiger charge is -2.25. The second-order valence-electron chi connectivity index (χ2n) is 4.74. The highest BCUT2D eigenvalue weighted by atomic mass is 27.0. The summed E-state index contributed by atoms with van der Waals surface area (Å²) in [6.45, 7) is 10.2. The third kappa shape index (κ3) is 11.1. The molecular weight excluding hydrogens is 263 g/mol. The van der Waals surface area contributed by atoms with Gasteiger partial charge in [-0.25, -0.2) is 0 Å². The fourth-order valence-electron chi connectivity index (χ4n) is 1.42. The zero-order chi connectivity index (χ0) is 14.3. The van der Waals surface area contributed by atoms with Gasteiger partial charge in [-0.15, -0.1) is 0 Å². The molecule has 0 aliphatic rings. The van der Waals surface area contributed by atoms with Crippen molar-refractivity contribution >= 4 is 29.1 Å². The maximum Gasteiger partial charge on any atom is 0.303 e. The van der Waals surface area contributed by atoms with E-state index in [-0.39, 0.29) is 41.8 Å². The molecule has 0 rings (SSSR count). The lowest BCUT2D eigenvalue weighted by atomic mass is 10.1. The third-order valence-electron chi connectivity index (χ3n) is 2.02. The quantitative estimate of drug-likeness (QED) is 0.377. The number of carbonyl (C=O) groups is 2. The summed E-state index contributed by atoms with van der Waals surface area (Å²) >= 11 is 0. The summed E-state index contributed by atoms with van der Waals surface area (Å²) in [4.78, 5) is 22.3. The molecule has 0 aliphatic heterocycles. The monoisotopic (exact) mass is 290 g/mol. The van der Waals surface area contributed by atoms with Crippen LogP contribution in [0.1, 0.15) is 48.0 Å². The first kappa shape index (κ1) is 20.9. The van der Waals surface area contributed by atoms with Gasteiger partial charge in [0.15, 0.2) is 35.5 Å². The number of ether oxygens (including phenoxy) is 3. The fourth-order valence-corrected chi connectivity index (χ4v) is 1.42. The summed E-state index contributed by atoms with van der Waals surface area (Å²) < 4.78 is 16.1. The van der Waals surface area contributed by atoms with Gasteiger partial charge in [-0.1, -0.05) is 0 Å². The highest BCUT2D eigenvalue weighted by Crippen LogP contribution is 2.13. The Morgan fingerprint density at radius 2 is 1.37 bits per heavy atom. The molecule has 0 amide bonds. The van der Waals surface area contributed by atoms with Gasteiger partial charge in [0.1, 0.15) is 0 Å². The summed E-state index contributed by atoms with van der Waals surface area (Å²) in [7, 11) is 0. The Morgan fingerprint density at radius 1 is 0.947 bits per heavy atom. The molecule has 0 aromatic carbocycles. The van der Waals surface area contributed by atoms with E-state index in [2.05, 4.69) is 0 Å². The summed E-state index contributed by atoms with van der Waals surface area (Å²) in [6, 6.07) is 0. The number of ketones is 1. The minimum absolute atomic E-state index is 0. The van der Waals surface area contributed by atoms with E-state index in [0.29, 0.717) is 0 Å². The third-order valence-corrected chi connectivity index (χ3v) is 2.02. The minimum Gasteiger partial charge on any atom is -0.454 e. The van der Waals surface area contributed by atoms with Crippen molar-refractivity contribution in [2.75, 3.05) is 0 Å². The largest absolute Gasteiger partial charge is 0.454 e. The average Bonchev–Trinajstić information content (AvgIpc) is 2.13. The van der Waals surface area contributed by atoms with Crippen LogP contribution in [0.4, 0.5) is 0 Å². The Labute approximate surface area is 126 Å². The number of esters is 1. The Hall–Kier alpha value is -0.408. The molecule has 1 unspecified atom stereocenters. The summed E-state index contributed by atoms with van der Waals surface area (Å²) in [5.41, 5.74) is 0. The van der Waals surface area contributed by atoms with E-state index < -0.39 is 18.4 Å². The first-order valence-corrected chi connectivity index (χ1v) is 6.21. The zero-order valence-electron chi connectivity index (χ0n) is 12.1. The lowest BCUT2D eigenvalue weighted by molar-refractivity contribution is -0.198. The van der Waals surface area contributed by atoms with Crippen LogP contribution in [0.5, 0.6) is 0 Å². The van der Waals surface area contributed by atoms with Crippen LogP contribution in [0.25, 0.3) is 0 Å². The van der Waals surface area contributed by atoms with Gasteiger partial charge < -0.3 is 14.2 Å². The normalized spacial score (nSPS) is 12.5. The molecule has 0 aromatic rings. The van der Waals surface area contributed by atoms with Crippen LogP contribution in [0.2, 0.25) is 0 Å². The van der Waals surface area contributed by atoms with E-state index in [1.165, 1.54) is 13.8 Å². The minimum atomic E-state index is -0.815. The highest BCUT2D eigenvalue weighted by molar-refractivity contribution is 5.83. The van der Waals surface area contributed by atoms with Crippen molar-refractivity contribution in [2.24, 2.45) is 0 Å². The maximum absolute atomic E-state index is 11.4. The van der Waals surface area contributed by atoms with Gasteiger partial charge in [-0.3, -0.25) is 9.59 Å². The molecule has 112 valence electrons. The topological polar surface area (TPSA) is 61.8 Å². The van der Waals surface area contributed by atoms with Gasteiger partial charge in [-0.2, -0.15) is 0 Å². The van der Waals surface area contributed by atoms with Gasteiger partial charge in [0.25, 0.3) is 0 Å². The molecular formula is C13H27AlO5. The second kappa shape index (κ2) is 10.4. The van der Waals surface area contributed by atoms with Crippen LogP contribution in [0.3, 0.4) is 0 Å². The maximum atomic E-state index is 11.4. The number of hydrogen-bond donors (Lipinski definition) is 0. The van der Waals surface area contributed by atoms with Crippen molar-refractivity contribution in [3.05, 3.63) is 0 Å². The molecule has 0 radical (unpaired) electrons. The average molecular weight is 290 g/mol. The second-order valence-corrected chi connectivity index (χ2v) is 4.74. The van der Waals surface area contributed by atoms with Crippen molar-refractivity contribution in [1.82, 2.24) is 0 Å². The molecule has 6 heteroatoms. The van der Waals surface area contributed by atoms with Gasteiger partial charge >= 0.3 is 5.97 Å².